The summed E-state index contributed by atoms with van der Waals surface area (Å²) in [4.78, 5) is 62.6. The van der Waals surface area contributed by atoms with Crippen LogP contribution in [-0.2, 0) is 32.2 Å². The Bertz CT molecular complexity index is 1490. The first-order chi connectivity index (χ1) is 20.9. The maximum Gasteiger partial charge on any atom is 0.436 e. The summed E-state index contributed by atoms with van der Waals surface area (Å²) in [7, 11) is 0. The smallest absolute Gasteiger partial charge is 0.436 e. The molecule has 2 atom stereocenters. The van der Waals surface area contributed by atoms with Crippen molar-refractivity contribution in [3.8, 4) is 0 Å². The van der Waals surface area contributed by atoms with Gasteiger partial charge in [-0.15, -0.1) is 0 Å². The number of rotatable bonds is 8. The van der Waals surface area contributed by atoms with Crippen LogP contribution in [0.1, 0.15) is 41.8 Å². The summed E-state index contributed by atoms with van der Waals surface area (Å²) in [6.45, 7) is 2.58. The van der Waals surface area contributed by atoms with E-state index in [1.807, 2.05) is 36.4 Å². The minimum atomic E-state index is -0.771. The topological polar surface area (TPSA) is 130 Å². The lowest BCUT2D eigenvalue weighted by atomic mass is 10.1. The van der Waals surface area contributed by atoms with Crippen LogP contribution in [0.3, 0.4) is 0 Å². The van der Waals surface area contributed by atoms with Crippen molar-refractivity contribution in [2.24, 2.45) is 4.99 Å². The molecule has 0 saturated carbocycles. The van der Waals surface area contributed by atoms with Gasteiger partial charge >= 0.3 is 12.2 Å². The third-order valence-electron chi connectivity index (χ3n) is 6.92. The highest BCUT2D eigenvalue weighted by Gasteiger charge is 2.40. The van der Waals surface area contributed by atoms with E-state index in [-0.39, 0.29) is 36.7 Å². The number of amidine groups is 1. The van der Waals surface area contributed by atoms with Gasteiger partial charge < -0.3 is 14.8 Å². The van der Waals surface area contributed by atoms with Gasteiger partial charge in [0.2, 0.25) is 11.8 Å². The molecule has 12 heteroatoms. The van der Waals surface area contributed by atoms with Crippen LogP contribution in [0.5, 0.6) is 0 Å². The van der Waals surface area contributed by atoms with Crippen LogP contribution in [0, 0.1) is 0 Å². The Morgan fingerprint density at radius 2 is 1.79 bits per heavy atom. The Morgan fingerprint density at radius 3 is 2.51 bits per heavy atom. The van der Waals surface area contributed by atoms with E-state index in [9.17, 15) is 19.2 Å². The summed E-state index contributed by atoms with van der Waals surface area (Å²) in [6.07, 6.45) is 1.57. The van der Waals surface area contributed by atoms with Gasteiger partial charge in [0, 0.05) is 18.4 Å². The van der Waals surface area contributed by atoms with Crippen LogP contribution in [0.4, 0.5) is 15.3 Å². The first-order valence-corrected chi connectivity index (χ1v) is 14.8. The zero-order chi connectivity index (χ0) is 30.2. The van der Waals surface area contributed by atoms with E-state index in [4.69, 9.17) is 9.47 Å². The molecule has 11 nitrogen and oxygen atoms in total. The van der Waals surface area contributed by atoms with Crippen LogP contribution in [0.2, 0.25) is 0 Å². The van der Waals surface area contributed by atoms with Crippen molar-refractivity contribution in [1.82, 2.24) is 14.8 Å². The molecule has 1 N–H and O–H groups in total. The maximum atomic E-state index is 13.5. The molecule has 2 fully saturated rings. The van der Waals surface area contributed by atoms with E-state index in [2.05, 4.69) is 15.3 Å². The summed E-state index contributed by atoms with van der Waals surface area (Å²) >= 11 is 1.15. The number of aromatic nitrogens is 1. The number of anilines is 1. The zero-order valence-corrected chi connectivity index (χ0v) is 24.4. The average Bonchev–Trinajstić information content (AvgIpc) is 3.63. The maximum absolute atomic E-state index is 13.5. The van der Waals surface area contributed by atoms with Crippen LogP contribution in [0.25, 0.3) is 0 Å². The van der Waals surface area contributed by atoms with E-state index in [1.165, 1.54) is 9.80 Å². The molecule has 3 heterocycles. The van der Waals surface area contributed by atoms with Crippen LogP contribution >= 0.6 is 11.8 Å². The second-order valence-corrected chi connectivity index (χ2v) is 10.9. The number of likely N-dealkylation sites (tertiary alicyclic amines) is 1. The van der Waals surface area contributed by atoms with Crippen molar-refractivity contribution < 1.29 is 28.7 Å². The number of nitrogens with zero attached hydrogens (tertiary/aromatic N) is 4. The second kappa shape index (κ2) is 14.0. The molecular formula is C31H31N5O6S. The normalized spacial score (nSPS) is 19.0. The van der Waals surface area contributed by atoms with Crippen LogP contribution < -0.4 is 5.32 Å². The zero-order valence-electron chi connectivity index (χ0n) is 23.5. The van der Waals surface area contributed by atoms with Crippen molar-refractivity contribution in [2.45, 2.75) is 44.2 Å². The first kappa shape index (κ1) is 29.8. The second-order valence-electron chi connectivity index (χ2n) is 9.84. The predicted octanol–water partition coefficient (Wildman–Crippen LogP) is 5.15. The fourth-order valence-corrected chi connectivity index (χ4v) is 5.95. The lowest BCUT2D eigenvalue weighted by Crippen LogP contribution is -2.43. The number of carbonyl (C=O) groups excluding carboxylic acids is 4. The molecule has 1 aromatic heterocycles. The Balaban J connectivity index is 1.23. The lowest BCUT2D eigenvalue weighted by Gasteiger charge is -2.23. The number of nitrogens with one attached hydrogen (secondary N) is 1. The van der Waals surface area contributed by atoms with E-state index in [0.29, 0.717) is 36.3 Å². The predicted molar refractivity (Wildman–Crippen MR) is 161 cm³/mol. The number of thioether (sulfide) groups is 1. The molecule has 43 heavy (non-hydrogen) atoms. The number of amides is 4. The molecule has 0 aliphatic carbocycles. The minimum Gasteiger partial charge on any atom is -0.448 e. The molecule has 0 radical (unpaired) electrons. The summed E-state index contributed by atoms with van der Waals surface area (Å²) in [5.41, 5.74) is 2.73. The van der Waals surface area contributed by atoms with E-state index < -0.39 is 23.5 Å². The molecule has 5 rings (SSSR count). The fourth-order valence-electron chi connectivity index (χ4n) is 4.81. The van der Waals surface area contributed by atoms with Crippen molar-refractivity contribution in [3.05, 3.63) is 95.8 Å². The van der Waals surface area contributed by atoms with Gasteiger partial charge in [0.25, 0.3) is 0 Å². The van der Waals surface area contributed by atoms with E-state index >= 15 is 0 Å². The molecule has 2 saturated heterocycles. The Labute approximate surface area is 253 Å². The fraction of sp³-hybridized carbons (Fsp3) is 0.290. The number of pyridine rings is 1. The van der Waals surface area contributed by atoms with Crippen molar-refractivity contribution in [3.63, 3.8) is 0 Å². The highest BCUT2D eigenvalue weighted by Crippen LogP contribution is 2.40. The third kappa shape index (κ3) is 7.39. The molecule has 2 aliphatic heterocycles. The first-order valence-electron chi connectivity index (χ1n) is 13.9. The Kier molecular flexibility index (Phi) is 9.67. The van der Waals surface area contributed by atoms with Crippen molar-refractivity contribution in [2.75, 3.05) is 18.5 Å². The summed E-state index contributed by atoms with van der Waals surface area (Å²) in [6, 6.07) is 21.0. The standard InChI is InChI=1S/C31H31N5O6S/c1-2-41-30(39)34-29-36(19-24-11-6-7-17-32-24)28(38)26(43-29)22-13-15-23(16-14-22)33-27(37)25-12-8-18-35(25)31(40)42-20-21-9-4-3-5-10-21/h3-7,9-11,13-17,25-26H,2,8,12,18-20H2,1H3,(H,33,37)/t25-,26?/m0/s1. The number of hydrogen-bond acceptors (Lipinski definition) is 8. The molecule has 0 bridgehead atoms. The SMILES string of the molecule is CCOC(=O)N=C1SC(c2ccc(NC(=O)[C@@H]3CCCN3C(=O)OCc3ccccc3)cc2)C(=O)N1Cc1ccccn1. The quantitative estimate of drug-likeness (QED) is 0.375. The van der Waals surface area contributed by atoms with Gasteiger partial charge in [-0.2, -0.15) is 4.99 Å². The molecule has 0 spiro atoms. The highest BCUT2D eigenvalue weighted by molar-refractivity contribution is 8.15. The number of hydrogen-bond donors (Lipinski definition) is 1. The van der Waals surface area contributed by atoms with E-state index in [0.717, 1.165) is 17.3 Å². The number of benzene rings is 2. The van der Waals surface area contributed by atoms with Crippen LogP contribution in [-0.4, -0.2) is 63.1 Å². The van der Waals surface area contributed by atoms with Crippen LogP contribution in [0.15, 0.2) is 84.0 Å². The summed E-state index contributed by atoms with van der Waals surface area (Å²) in [5.74, 6) is -0.551. The van der Waals surface area contributed by atoms with Gasteiger partial charge in [0.15, 0.2) is 5.17 Å². The molecule has 2 aromatic carbocycles. The largest absolute Gasteiger partial charge is 0.448 e. The van der Waals surface area contributed by atoms with Gasteiger partial charge in [-0.1, -0.05) is 60.3 Å². The van der Waals surface area contributed by atoms with Crippen molar-refractivity contribution >= 4 is 46.6 Å². The van der Waals surface area contributed by atoms with Gasteiger partial charge in [-0.3, -0.25) is 24.4 Å². The number of carbonyl (C=O) groups is 4. The van der Waals surface area contributed by atoms with Crippen molar-refractivity contribution in [1.29, 1.82) is 0 Å². The molecule has 3 aromatic rings. The summed E-state index contributed by atoms with van der Waals surface area (Å²) < 4.78 is 10.4. The lowest BCUT2D eigenvalue weighted by molar-refractivity contribution is -0.126. The molecule has 2 aliphatic rings. The molecular weight excluding hydrogens is 570 g/mol. The Hall–Kier alpha value is -4.71. The molecule has 4 amide bonds. The van der Waals surface area contributed by atoms with E-state index in [1.54, 1.807) is 49.5 Å². The molecule has 222 valence electrons. The third-order valence-corrected chi connectivity index (χ3v) is 8.15. The average molecular weight is 602 g/mol. The number of aliphatic imine (C=N–C) groups is 1. The Morgan fingerprint density at radius 1 is 1.02 bits per heavy atom. The molecule has 1 unspecified atom stereocenters. The monoisotopic (exact) mass is 601 g/mol. The van der Waals surface area contributed by atoms with Gasteiger partial charge in [-0.25, -0.2) is 9.59 Å². The van der Waals surface area contributed by atoms with Gasteiger partial charge in [0.1, 0.15) is 17.9 Å². The summed E-state index contributed by atoms with van der Waals surface area (Å²) in [5, 5.41) is 2.46. The van der Waals surface area contributed by atoms with Gasteiger partial charge in [-0.05, 0) is 55.2 Å². The minimum absolute atomic E-state index is 0.134. The highest BCUT2D eigenvalue weighted by atomic mass is 32.2. The van der Waals surface area contributed by atoms with Gasteiger partial charge in [0.05, 0.1) is 18.8 Å². The number of ether oxygens (including phenoxy) is 2.